The molecule has 0 spiro atoms. The van der Waals surface area contributed by atoms with E-state index in [1.165, 1.54) is 0 Å². The summed E-state index contributed by atoms with van der Waals surface area (Å²) in [6.07, 6.45) is 0.906. The van der Waals surface area contributed by atoms with E-state index in [9.17, 15) is 5.11 Å². The summed E-state index contributed by atoms with van der Waals surface area (Å²) in [5, 5.41) is 9.43. The molecule has 0 saturated heterocycles. The van der Waals surface area contributed by atoms with E-state index < -0.39 is 0 Å². The first kappa shape index (κ1) is 12.2. The Hall–Kier alpha value is -1.26. The van der Waals surface area contributed by atoms with Crippen LogP contribution in [-0.4, -0.2) is 32.5 Å². The average molecular weight is 237 g/mol. The van der Waals surface area contributed by atoms with Gasteiger partial charge in [-0.25, -0.2) is 0 Å². The zero-order chi connectivity index (χ0) is 12.5. The Morgan fingerprint density at radius 3 is 2.65 bits per heavy atom. The number of ether oxygens (including phenoxy) is 2. The van der Waals surface area contributed by atoms with Crippen LogP contribution in [0, 0.1) is 5.41 Å². The molecule has 2 rings (SSSR count). The van der Waals surface area contributed by atoms with Crippen molar-refractivity contribution in [2.45, 2.75) is 12.3 Å². The predicted octanol–water partition coefficient (Wildman–Crippen LogP) is 1.13. The normalized spacial score (nSPS) is 26.7. The summed E-state index contributed by atoms with van der Waals surface area (Å²) in [7, 11) is 3.25. The van der Waals surface area contributed by atoms with Crippen molar-refractivity contribution >= 4 is 0 Å². The molecule has 1 aliphatic rings. The van der Waals surface area contributed by atoms with Crippen molar-refractivity contribution in [2.24, 2.45) is 11.1 Å². The fourth-order valence-electron chi connectivity index (χ4n) is 2.44. The summed E-state index contributed by atoms with van der Waals surface area (Å²) in [4.78, 5) is 0. The second-order valence-corrected chi connectivity index (χ2v) is 4.56. The molecule has 0 heterocycles. The first-order valence-corrected chi connectivity index (χ1v) is 5.74. The van der Waals surface area contributed by atoms with Crippen LogP contribution in [0.2, 0.25) is 0 Å². The van der Waals surface area contributed by atoms with E-state index >= 15 is 0 Å². The first-order valence-electron chi connectivity index (χ1n) is 5.74. The number of methoxy groups -OCH3 is 2. The van der Waals surface area contributed by atoms with Crippen molar-refractivity contribution < 1.29 is 14.6 Å². The minimum absolute atomic E-state index is 0.120. The smallest absolute Gasteiger partial charge is 0.164 e. The zero-order valence-electron chi connectivity index (χ0n) is 10.3. The van der Waals surface area contributed by atoms with Crippen molar-refractivity contribution in [3.63, 3.8) is 0 Å². The van der Waals surface area contributed by atoms with Gasteiger partial charge in [-0.1, -0.05) is 12.1 Å². The molecular formula is C13H19NO3. The summed E-state index contributed by atoms with van der Waals surface area (Å²) in [5.41, 5.74) is 6.65. The summed E-state index contributed by atoms with van der Waals surface area (Å²) in [6.45, 7) is 0.614. The molecule has 0 bridgehead atoms. The molecule has 1 aromatic carbocycles. The molecule has 17 heavy (non-hydrogen) atoms. The minimum atomic E-state index is -0.167. The van der Waals surface area contributed by atoms with Gasteiger partial charge in [0.15, 0.2) is 11.5 Å². The monoisotopic (exact) mass is 237 g/mol. The minimum Gasteiger partial charge on any atom is -0.493 e. The van der Waals surface area contributed by atoms with Gasteiger partial charge in [0.1, 0.15) is 0 Å². The van der Waals surface area contributed by atoms with Gasteiger partial charge < -0.3 is 20.3 Å². The molecule has 1 aliphatic carbocycles. The lowest BCUT2D eigenvalue weighted by Crippen LogP contribution is -2.21. The molecule has 3 N–H and O–H groups in total. The standard InChI is InChI=1S/C13H19NO3/c1-16-11-5-3-4-9(12(11)17-2)10-6-13(10,7-14)8-15/h3-5,10,15H,6-8,14H2,1-2H3. The van der Waals surface area contributed by atoms with E-state index in [-0.39, 0.29) is 17.9 Å². The van der Waals surface area contributed by atoms with Crippen molar-refractivity contribution in [3.8, 4) is 11.5 Å². The third kappa shape index (κ3) is 1.87. The van der Waals surface area contributed by atoms with Gasteiger partial charge in [-0.15, -0.1) is 0 Å². The highest BCUT2D eigenvalue weighted by atomic mass is 16.5. The molecule has 0 aromatic heterocycles. The second-order valence-electron chi connectivity index (χ2n) is 4.56. The summed E-state index contributed by atoms with van der Waals surface area (Å²) < 4.78 is 10.7. The molecular weight excluding hydrogens is 218 g/mol. The van der Waals surface area contributed by atoms with Gasteiger partial charge in [-0.2, -0.15) is 0 Å². The van der Waals surface area contributed by atoms with Crippen LogP contribution in [0.15, 0.2) is 18.2 Å². The lowest BCUT2D eigenvalue weighted by atomic mass is 9.99. The molecule has 0 radical (unpaired) electrons. The van der Waals surface area contributed by atoms with Crippen LogP contribution in [-0.2, 0) is 0 Å². The molecule has 0 amide bonds. The van der Waals surface area contributed by atoms with Crippen LogP contribution in [0.1, 0.15) is 17.9 Å². The van der Waals surface area contributed by atoms with Crippen LogP contribution in [0.3, 0.4) is 0 Å². The van der Waals surface area contributed by atoms with Crippen LogP contribution < -0.4 is 15.2 Å². The largest absolute Gasteiger partial charge is 0.493 e. The Bertz CT molecular complexity index is 402. The number of hydrogen-bond donors (Lipinski definition) is 2. The van der Waals surface area contributed by atoms with Crippen LogP contribution >= 0.6 is 0 Å². The molecule has 1 aromatic rings. The van der Waals surface area contributed by atoms with Gasteiger partial charge in [0.25, 0.3) is 0 Å². The second kappa shape index (κ2) is 4.55. The van der Waals surface area contributed by atoms with Crippen molar-refractivity contribution in [1.29, 1.82) is 0 Å². The topological polar surface area (TPSA) is 64.7 Å². The number of nitrogens with two attached hydrogens (primary N) is 1. The summed E-state index contributed by atoms with van der Waals surface area (Å²) in [5.74, 6) is 1.74. The lowest BCUT2D eigenvalue weighted by Gasteiger charge is -2.15. The van der Waals surface area contributed by atoms with Crippen molar-refractivity contribution in [2.75, 3.05) is 27.4 Å². The third-order valence-electron chi connectivity index (χ3n) is 3.72. The molecule has 94 valence electrons. The molecule has 2 unspecified atom stereocenters. The van der Waals surface area contributed by atoms with Gasteiger partial charge in [-0.05, 0) is 18.4 Å². The van der Waals surface area contributed by atoms with Gasteiger partial charge in [-0.3, -0.25) is 0 Å². The fourth-order valence-corrected chi connectivity index (χ4v) is 2.44. The van der Waals surface area contributed by atoms with Gasteiger partial charge >= 0.3 is 0 Å². The highest BCUT2D eigenvalue weighted by Crippen LogP contribution is 2.60. The van der Waals surface area contributed by atoms with Crippen LogP contribution in [0.25, 0.3) is 0 Å². The molecule has 0 aliphatic heterocycles. The number of hydrogen-bond acceptors (Lipinski definition) is 4. The lowest BCUT2D eigenvalue weighted by molar-refractivity contribution is 0.211. The Kier molecular flexibility index (Phi) is 3.26. The Morgan fingerprint density at radius 2 is 2.18 bits per heavy atom. The fraction of sp³-hybridized carbons (Fsp3) is 0.538. The average Bonchev–Trinajstić information content (AvgIpc) is 3.12. The van der Waals surface area contributed by atoms with Crippen molar-refractivity contribution in [3.05, 3.63) is 23.8 Å². The highest BCUT2D eigenvalue weighted by Gasteiger charge is 2.54. The van der Waals surface area contributed by atoms with E-state index in [2.05, 4.69) is 0 Å². The van der Waals surface area contributed by atoms with Gasteiger partial charge in [0, 0.05) is 17.5 Å². The number of para-hydroxylation sites is 1. The number of rotatable bonds is 5. The highest BCUT2D eigenvalue weighted by molar-refractivity contribution is 5.51. The Labute approximate surface area is 101 Å². The third-order valence-corrected chi connectivity index (χ3v) is 3.72. The zero-order valence-corrected chi connectivity index (χ0v) is 10.3. The first-order chi connectivity index (χ1) is 8.22. The maximum Gasteiger partial charge on any atom is 0.164 e. The van der Waals surface area contributed by atoms with Crippen molar-refractivity contribution in [1.82, 2.24) is 0 Å². The molecule has 4 heteroatoms. The molecule has 1 saturated carbocycles. The van der Waals surface area contributed by atoms with E-state index in [1.807, 2.05) is 18.2 Å². The number of aliphatic hydroxyl groups is 1. The summed E-state index contributed by atoms with van der Waals surface area (Å²) >= 11 is 0. The van der Waals surface area contributed by atoms with E-state index in [0.717, 1.165) is 23.5 Å². The molecule has 4 nitrogen and oxygen atoms in total. The molecule has 2 atom stereocenters. The van der Waals surface area contributed by atoms with E-state index in [1.54, 1.807) is 14.2 Å². The number of aliphatic hydroxyl groups excluding tert-OH is 1. The van der Waals surface area contributed by atoms with E-state index in [4.69, 9.17) is 15.2 Å². The van der Waals surface area contributed by atoms with Crippen LogP contribution in [0.5, 0.6) is 11.5 Å². The summed E-state index contributed by atoms with van der Waals surface area (Å²) in [6, 6.07) is 5.82. The SMILES string of the molecule is COc1cccc(C2CC2(CN)CO)c1OC. The number of benzene rings is 1. The maximum absolute atomic E-state index is 9.43. The Morgan fingerprint density at radius 1 is 1.41 bits per heavy atom. The van der Waals surface area contributed by atoms with E-state index in [0.29, 0.717) is 6.54 Å². The predicted molar refractivity (Wildman–Crippen MR) is 65.5 cm³/mol. The van der Waals surface area contributed by atoms with Crippen LogP contribution in [0.4, 0.5) is 0 Å². The van der Waals surface area contributed by atoms with Gasteiger partial charge in [0.05, 0.1) is 20.8 Å². The van der Waals surface area contributed by atoms with Gasteiger partial charge in [0.2, 0.25) is 0 Å². The maximum atomic E-state index is 9.43. The molecule has 1 fully saturated rings. The quantitative estimate of drug-likeness (QED) is 0.805. The Balaban J connectivity index is 2.34.